The number of nitrogens with two attached hydrogens (primary N) is 1. The third-order valence-electron chi connectivity index (χ3n) is 2.73. The molecule has 0 radical (unpaired) electrons. The van der Waals surface area contributed by atoms with Crippen LogP contribution in [0.15, 0.2) is 23.3 Å². The third kappa shape index (κ3) is 2.86. The summed E-state index contributed by atoms with van der Waals surface area (Å²) in [6.07, 6.45) is -1.73. The predicted octanol–water partition coefficient (Wildman–Crippen LogP) is 2.39. The fourth-order valence-electron chi connectivity index (χ4n) is 1.95. The molecule has 2 N–H and O–H groups in total. The van der Waals surface area contributed by atoms with Gasteiger partial charge in [-0.05, 0) is 13.0 Å². The number of halogens is 4. The highest BCUT2D eigenvalue weighted by atomic mass is 35.5. The molecule has 0 saturated carbocycles. The van der Waals surface area contributed by atoms with Crippen LogP contribution in [0.25, 0.3) is 10.9 Å². The van der Waals surface area contributed by atoms with Crippen molar-refractivity contribution in [2.24, 2.45) is 0 Å². The average molecular weight is 296 g/mol. The number of nitrogens with zero attached hydrogens (tertiary/aromatic N) is 2. The monoisotopic (exact) mass is 295 g/mol. The third-order valence-corrected chi connectivity index (χ3v) is 2.73. The molecule has 0 fully saturated rings. The van der Waals surface area contributed by atoms with E-state index in [9.17, 15) is 18.0 Å². The molecule has 0 aromatic carbocycles. The van der Waals surface area contributed by atoms with Crippen LogP contribution in [-0.4, -0.2) is 15.3 Å². The Morgan fingerprint density at radius 1 is 1.32 bits per heavy atom. The van der Waals surface area contributed by atoms with Gasteiger partial charge in [0.25, 0.3) is 5.56 Å². The van der Waals surface area contributed by atoms with E-state index in [0.717, 1.165) is 10.8 Å². The van der Waals surface area contributed by atoms with Crippen LogP contribution in [0.3, 0.4) is 0 Å². The molecule has 2 heterocycles. The Morgan fingerprint density at radius 3 is 2.47 bits per heavy atom. The number of aromatic nitrogens is 2. The zero-order valence-corrected chi connectivity index (χ0v) is 10.9. The van der Waals surface area contributed by atoms with E-state index in [1.807, 2.05) is 0 Å². The van der Waals surface area contributed by atoms with Crippen LogP contribution < -0.4 is 11.3 Å². The van der Waals surface area contributed by atoms with Gasteiger partial charge in [-0.1, -0.05) is 0 Å². The summed E-state index contributed by atoms with van der Waals surface area (Å²) >= 11 is 0. The average Bonchev–Trinajstić information content (AvgIpc) is 2.54. The molecule has 0 bridgehead atoms. The van der Waals surface area contributed by atoms with Crippen LogP contribution >= 0.6 is 12.4 Å². The standard InChI is InChI=1S/C11H12F3N3O.ClH/c1-2-16-4-3-8-9(10(16)18)7(15)5-17(8)6-11(12,13)14;/h3-5H,2,6,15H2,1H3;1H. The highest BCUT2D eigenvalue weighted by Gasteiger charge is 2.29. The number of pyridine rings is 1. The van der Waals surface area contributed by atoms with Gasteiger partial charge in [0, 0.05) is 18.9 Å². The first-order valence-corrected chi connectivity index (χ1v) is 5.38. The summed E-state index contributed by atoms with van der Waals surface area (Å²) in [7, 11) is 0. The van der Waals surface area contributed by atoms with Gasteiger partial charge in [-0.3, -0.25) is 4.79 Å². The maximum absolute atomic E-state index is 12.4. The first-order valence-electron chi connectivity index (χ1n) is 5.38. The lowest BCUT2D eigenvalue weighted by atomic mass is 10.3. The van der Waals surface area contributed by atoms with Crippen molar-refractivity contribution < 1.29 is 13.2 Å². The van der Waals surface area contributed by atoms with Crippen molar-refractivity contribution in [3.05, 3.63) is 28.8 Å². The second-order valence-electron chi connectivity index (χ2n) is 3.99. The Bertz CT molecular complexity index is 645. The van der Waals surface area contributed by atoms with Crippen molar-refractivity contribution in [1.29, 1.82) is 0 Å². The van der Waals surface area contributed by atoms with E-state index >= 15 is 0 Å². The number of nitrogen functional groups attached to an aromatic ring is 1. The van der Waals surface area contributed by atoms with Gasteiger partial charge >= 0.3 is 6.18 Å². The molecule has 0 atom stereocenters. The van der Waals surface area contributed by atoms with Crippen molar-refractivity contribution in [3.63, 3.8) is 0 Å². The molecule has 0 aliphatic heterocycles. The Morgan fingerprint density at radius 2 is 1.95 bits per heavy atom. The number of anilines is 1. The highest BCUT2D eigenvalue weighted by Crippen LogP contribution is 2.25. The molecule has 106 valence electrons. The maximum Gasteiger partial charge on any atom is 0.406 e. The van der Waals surface area contributed by atoms with Crippen LogP contribution in [0.2, 0.25) is 0 Å². The number of hydrogen-bond donors (Lipinski definition) is 1. The molecule has 2 aromatic rings. The summed E-state index contributed by atoms with van der Waals surface area (Å²) in [5, 5.41) is 0.142. The first-order chi connectivity index (χ1) is 8.33. The molecule has 0 aliphatic carbocycles. The second-order valence-corrected chi connectivity index (χ2v) is 3.99. The summed E-state index contributed by atoms with van der Waals surface area (Å²) < 4.78 is 39.5. The Kier molecular flexibility index (Phi) is 4.19. The van der Waals surface area contributed by atoms with E-state index in [2.05, 4.69) is 0 Å². The Hall–Kier alpha value is -1.63. The van der Waals surface area contributed by atoms with Gasteiger partial charge < -0.3 is 14.9 Å². The van der Waals surface area contributed by atoms with Crippen molar-refractivity contribution in [1.82, 2.24) is 9.13 Å². The molecule has 0 spiro atoms. The summed E-state index contributed by atoms with van der Waals surface area (Å²) in [5.41, 5.74) is 5.53. The molecule has 0 aliphatic rings. The van der Waals surface area contributed by atoms with E-state index in [0.29, 0.717) is 6.54 Å². The number of fused-ring (bicyclic) bond motifs is 1. The summed E-state index contributed by atoms with van der Waals surface area (Å²) in [6, 6.07) is 1.47. The van der Waals surface area contributed by atoms with Gasteiger partial charge in [0.15, 0.2) is 0 Å². The van der Waals surface area contributed by atoms with E-state index in [1.165, 1.54) is 16.8 Å². The van der Waals surface area contributed by atoms with Crippen molar-refractivity contribution in [3.8, 4) is 0 Å². The Balaban J connectivity index is 0.00000180. The van der Waals surface area contributed by atoms with Gasteiger partial charge in [0.2, 0.25) is 0 Å². The predicted molar refractivity (Wildman–Crippen MR) is 69.6 cm³/mol. The molecular weight excluding hydrogens is 283 g/mol. The zero-order chi connectivity index (χ0) is 13.5. The van der Waals surface area contributed by atoms with Crippen molar-refractivity contribution >= 4 is 29.0 Å². The maximum atomic E-state index is 12.4. The van der Waals surface area contributed by atoms with Crippen LogP contribution in [0.5, 0.6) is 0 Å². The number of rotatable bonds is 2. The lowest BCUT2D eigenvalue weighted by molar-refractivity contribution is -0.139. The summed E-state index contributed by atoms with van der Waals surface area (Å²) in [5.74, 6) is 0. The number of hydrogen-bond acceptors (Lipinski definition) is 2. The first kappa shape index (κ1) is 15.4. The summed E-state index contributed by atoms with van der Waals surface area (Å²) in [6.45, 7) is 1.06. The lowest BCUT2D eigenvalue weighted by Crippen LogP contribution is -2.20. The van der Waals surface area contributed by atoms with Gasteiger partial charge in [-0.2, -0.15) is 13.2 Å². The quantitative estimate of drug-likeness (QED) is 0.925. The molecule has 4 nitrogen and oxygen atoms in total. The topological polar surface area (TPSA) is 52.9 Å². The Labute approximate surface area is 113 Å². The van der Waals surface area contributed by atoms with Crippen molar-refractivity contribution in [2.45, 2.75) is 26.2 Å². The van der Waals surface area contributed by atoms with E-state index in [1.54, 1.807) is 6.92 Å². The van der Waals surface area contributed by atoms with Gasteiger partial charge in [0.05, 0.1) is 16.6 Å². The zero-order valence-electron chi connectivity index (χ0n) is 10.1. The van der Waals surface area contributed by atoms with E-state index in [-0.39, 0.29) is 34.6 Å². The smallest absolute Gasteiger partial charge is 0.397 e. The summed E-state index contributed by atoms with van der Waals surface area (Å²) in [4.78, 5) is 11.9. The molecule has 2 aromatic heterocycles. The van der Waals surface area contributed by atoms with Crippen molar-refractivity contribution in [2.75, 3.05) is 5.73 Å². The molecule has 19 heavy (non-hydrogen) atoms. The van der Waals surface area contributed by atoms with Gasteiger partial charge in [0.1, 0.15) is 6.54 Å². The normalized spacial score (nSPS) is 11.6. The number of alkyl halides is 3. The fraction of sp³-hybridized carbons (Fsp3) is 0.364. The molecule has 0 saturated heterocycles. The minimum Gasteiger partial charge on any atom is -0.397 e. The lowest BCUT2D eigenvalue weighted by Gasteiger charge is -2.09. The molecular formula is C11H13ClF3N3O. The largest absolute Gasteiger partial charge is 0.406 e. The van der Waals surface area contributed by atoms with Crippen LogP contribution in [-0.2, 0) is 13.1 Å². The molecule has 2 rings (SSSR count). The van der Waals surface area contributed by atoms with Gasteiger partial charge in [-0.25, -0.2) is 0 Å². The van der Waals surface area contributed by atoms with Gasteiger partial charge in [-0.15, -0.1) is 12.4 Å². The minimum atomic E-state index is -4.35. The molecule has 0 unspecified atom stereocenters. The SMILES string of the molecule is CCn1ccc2c(c(N)cn2CC(F)(F)F)c1=O.Cl. The van der Waals surface area contributed by atoms with E-state index in [4.69, 9.17) is 5.73 Å². The van der Waals surface area contributed by atoms with Crippen LogP contribution in [0.1, 0.15) is 6.92 Å². The van der Waals surface area contributed by atoms with Crippen LogP contribution in [0.4, 0.5) is 18.9 Å². The van der Waals surface area contributed by atoms with E-state index < -0.39 is 12.7 Å². The fourth-order valence-corrected chi connectivity index (χ4v) is 1.95. The molecule has 0 amide bonds. The number of aryl methyl sites for hydroxylation is 1. The van der Waals surface area contributed by atoms with Crippen LogP contribution in [0, 0.1) is 0 Å². The molecule has 8 heteroatoms. The highest BCUT2D eigenvalue weighted by molar-refractivity contribution is 5.90. The second kappa shape index (κ2) is 5.16. The minimum absolute atomic E-state index is 0.